The van der Waals surface area contributed by atoms with E-state index < -0.39 is 0 Å². The molecule has 1 amide bonds. The maximum Gasteiger partial charge on any atom is 0.275 e. The van der Waals surface area contributed by atoms with Crippen molar-refractivity contribution in [3.63, 3.8) is 0 Å². The molecule has 6 nitrogen and oxygen atoms in total. The molecule has 1 aromatic heterocycles. The van der Waals surface area contributed by atoms with Crippen molar-refractivity contribution in [1.82, 2.24) is 14.7 Å². The number of fused-ring (bicyclic) bond motifs is 2. The molecule has 1 aliphatic carbocycles. The predicted molar refractivity (Wildman–Crippen MR) is 113 cm³/mol. The molecule has 0 radical (unpaired) electrons. The van der Waals surface area contributed by atoms with Crippen molar-refractivity contribution in [1.29, 1.82) is 0 Å². The Morgan fingerprint density at radius 2 is 2.07 bits per heavy atom. The number of hydrogen-bond acceptors (Lipinski definition) is 4. The van der Waals surface area contributed by atoms with Crippen LogP contribution in [0.15, 0.2) is 48.5 Å². The van der Waals surface area contributed by atoms with E-state index >= 15 is 0 Å². The maximum absolute atomic E-state index is 13.7. The van der Waals surface area contributed by atoms with Crippen LogP contribution in [0, 0.1) is 6.92 Å². The molecule has 0 bridgehead atoms. The zero-order valence-corrected chi connectivity index (χ0v) is 17.3. The number of aryl methyl sites for hydroxylation is 3. The van der Waals surface area contributed by atoms with Gasteiger partial charge in [0.1, 0.15) is 0 Å². The summed E-state index contributed by atoms with van der Waals surface area (Å²) in [5.74, 6) is 1.41. The molecule has 154 valence electrons. The molecule has 0 unspecified atom stereocenters. The van der Waals surface area contributed by atoms with Gasteiger partial charge in [0.05, 0.1) is 12.6 Å². The summed E-state index contributed by atoms with van der Waals surface area (Å²) in [4.78, 5) is 15.7. The third kappa shape index (κ3) is 3.22. The van der Waals surface area contributed by atoms with Gasteiger partial charge < -0.3 is 14.4 Å². The first-order chi connectivity index (χ1) is 14.6. The van der Waals surface area contributed by atoms with Gasteiger partial charge in [-0.25, -0.2) is 0 Å². The normalized spacial score (nSPS) is 16.9. The Labute approximate surface area is 176 Å². The SMILES string of the molecule is Cc1cc(C(=O)N(Cc2cccc3c2OCO3)[C@@H]2CCCc3ccccc32)nn1C. The van der Waals surface area contributed by atoms with E-state index in [1.54, 1.807) is 4.68 Å². The Morgan fingerprint density at radius 1 is 1.20 bits per heavy atom. The van der Waals surface area contributed by atoms with Crippen molar-refractivity contribution in [2.75, 3.05) is 6.79 Å². The Balaban J connectivity index is 1.56. The van der Waals surface area contributed by atoms with E-state index in [9.17, 15) is 4.79 Å². The molecule has 2 aromatic carbocycles. The van der Waals surface area contributed by atoms with E-state index in [-0.39, 0.29) is 18.7 Å². The van der Waals surface area contributed by atoms with Gasteiger partial charge in [-0.1, -0.05) is 36.4 Å². The summed E-state index contributed by atoms with van der Waals surface area (Å²) >= 11 is 0. The third-order valence-electron chi connectivity index (χ3n) is 6.13. The molecular weight excluding hydrogens is 378 g/mol. The van der Waals surface area contributed by atoms with Crippen LogP contribution in [-0.4, -0.2) is 27.4 Å². The molecule has 0 spiro atoms. The predicted octanol–water partition coefficient (Wildman–Crippen LogP) is 4.18. The molecule has 0 N–H and O–H groups in total. The fourth-order valence-corrected chi connectivity index (χ4v) is 4.49. The highest BCUT2D eigenvalue weighted by Gasteiger charge is 2.32. The van der Waals surface area contributed by atoms with Gasteiger partial charge in [0.2, 0.25) is 6.79 Å². The largest absolute Gasteiger partial charge is 0.454 e. The highest BCUT2D eigenvalue weighted by molar-refractivity contribution is 5.92. The fourth-order valence-electron chi connectivity index (χ4n) is 4.49. The van der Waals surface area contributed by atoms with E-state index in [2.05, 4.69) is 29.4 Å². The first-order valence-corrected chi connectivity index (χ1v) is 10.4. The summed E-state index contributed by atoms with van der Waals surface area (Å²) in [5.41, 5.74) is 4.94. The second-order valence-corrected chi connectivity index (χ2v) is 7.99. The first kappa shape index (κ1) is 18.7. The Kier molecular flexibility index (Phi) is 4.69. The minimum atomic E-state index is -0.0584. The molecule has 2 aliphatic rings. The molecule has 6 heteroatoms. The van der Waals surface area contributed by atoms with Crippen molar-refractivity contribution >= 4 is 5.91 Å². The zero-order valence-electron chi connectivity index (χ0n) is 17.3. The minimum Gasteiger partial charge on any atom is -0.454 e. The molecule has 2 heterocycles. The van der Waals surface area contributed by atoms with Gasteiger partial charge in [0, 0.05) is 18.3 Å². The van der Waals surface area contributed by atoms with Crippen LogP contribution in [-0.2, 0) is 20.0 Å². The number of ether oxygens (including phenoxy) is 2. The lowest BCUT2D eigenvalue weighted by atomic mass is 9.86. The maximum atomic E-state index is 13.7. The van der Waals surface area contributed by atoms with Crippen LogP contribution in [0.25, 0.3) is 0 Å². The van der Waals surface area contributed by atoms with E-state index in [1.807, 2.05) is 43.1 Å². The van der Waals surface area contributed by atoms with Crippen molar-refractivity contribution in [2.45, 2.75) is 38.8 Å². The topological polar surface area (TPSA) is 56.6 Å². The van der Waals surface area contributed by atoms with Gasteiger partial charge in [0.25, 0.3) is 5.91 Å². The smallest absolute Gasteiger partial charge is 0.275 e. The molecule has 1 aliphatic heterocycles. The van der Waals surface area contributed by atoms with Gasteiger partial charge in [-0.05, 0) is 49.4 Å². The van der Waals surface area contributed by atoms with E-state index in [1.165, 1.54) is 11.1 Å². The van der Waals surface area contributed by atoms with Crippen molar-refractivity contribution in [3.05, 3.63) is 76.6 Å². The molecule has 0 saturated carbocycles. The van der Waals surface area contributed by atoms with Crippen molar-refractivity contribution in [2.24, 2.45) is 7.05 Å². The molecule has 3 aromatic rings. The van der Waals surface area contributed by atoms with Crippen LogP contribution in [0.3, 0.4) is 0 Å². The lowest BCUT2D eigenvalue weighted by Crippen LogP contribution is -2.36. The van der Waals surface area contributed by atoms with E-state index in [4.69, 9.17) is 9.47 Å². The molecule has 30 heavy (non-hydrogen) atoms. The number of aromatic nitrogens is 2. The monoisotopic (exact) mass is 403 g/mol. The molecular formula is C24H25N3O3. The van der Waals surface area contributed by atoms with Crippen LogP contribution in [0.5, 0.6) is 11.5 Å². The Bertz CT molecular complexity index is 1090. The molecule has 0 fully saturated rings. The first-order valence-electron chi connectivity index (χ1n) is 10.4. The van der Waals surface area contributed by atoms with Crippen molar-refractivity contribution in [3.8, 4) is 11.5 Å². The highest BCUT2D eigenvalue weighted by atomic mass is 16.7. The Morgan fingerprint density at radius 3 is 2.90 bits per heavy atom. The second-order valence-electron chi connectivity index (χ2n) is 7.99. The summed E-state index contributed by atoms with van der Waals surface area (Å²) in [5, 5.41) is 4.47. The van der Waals surface area contributed by atoms with E-state index in [0.717, 1.165) is 42.0 Å². The zero-order chi connectivity index (χ0) is 20.7. The Hall–Kier alpha value is -3.28. The van der Waals surface area contributed by atoms with Gasteiger partial charge in [0.15, 0.2) is 17.2 Å². The second kappa shape index (κ2) is 7.52. The van der Waals surface area contributed by atoms with Crippen LogP contribution < -0.4 is 9.47 Å². The van der Waals surface area contributed by atoms with Crippen molar-refractivity contribution < 1.29 is 14.3 Å². The molecule has 5 rings (SSSR count). The summed E-state index contributed by atoms with van der Waals surface area (Å²) in [6, 6.07) is 16.2. The fraction of sp³-hybridized carbons (Fsp3) is 0.333. The third-order valence-corrected chi connectivity index (χ3v) is 6.13. The summed E-state index contributed by atoms with van der Waals surface area (Å²) in [6.07, 6.45) is 3.04. The molecule has 0 saturated heterocycles. The number of rotatable bonds is 4. The van der Waals surface area contributed by atoms with Crippen LogP contribution >= 0.6 is 0 Å². The standard InChI is InChI=1S/C24H25N3O3/c1-16-13-20(25-26(16)2)24(28)27(14-18-9-6-12-22-23(18)30-15-29-22)21-11-5-8-17-7-3-4-10-19(17)21/h3-4,6-7,9-10,12-13,21H,5,8,11,14-15H2,1-2H3/t21-/m1/s1. The highest BCUT2D eigenvalue weighted by Crippen LogP contribution is 2.40. The molecule has 1 atom stereocenters. The van der Waals surface area contributed by atoms with E-state index in [0.29, 0.717) is 12.2 Å². The summed E-state index contributed by atoms with van der Waals surface area (Å²) in [6.45, 7) is 2.62. The average Bonchev–Trinajstić information content (AvgIpc) is 3.38. The average molecular weight is 403 g/mol. The van der Waals surface area contributed by atoms with Crippen LogP contribution in [0.4, 0.5) is 0 Å². The number of benzene rings is 2. The number of amides is 1. The minimum absolute atomic E-state index is 0.00272. The van der Waals surface area contributed by atoms with Crippen LogP contribution in [0.1, 0.15) is 51.8 Å². The van der Waals surface area contributed by atoms with Gasteiger partial charge in [-0.3, -0.25) is 9.48 Å². The number of para-hydroxylation sites is 1. The lowest BCUT2D eigenvalue weighted by Gasteiger charge is -2.36. The van der Waals surface area contributed by atoms with Crippen LogP contribution in [0.2, 0.25) is 0 Å². The van der Waals surface area contributed by atoms with Gasteiger partial charge in [-0.2, -0.15) is 5.10 Å². The van der Waals surface area contributed by atoms with Gasteiger partial charge >= 0.3 is 0 Å². The lowest BCUT2D eigenvalue weighted by molar-refractivity contribution is 0.0629. The number of hydrogen-bond donors (Lipinski definition) is 0. The van der Waals surface area contributed by atoms with Gasteiger partial charge in [-0.15, -0.1) is 0 Å². The number of nitrogens with zero attached hydrogens (tertiary/aromatic N) is 3. The quantitative estimate of drug-likeness (QED) is 0.656. The number of carbonyl (C=O) groups is 1. The summed E-state index contributed by atoms with van der Waals surface area (Å²) in [7, 11) is 1.86. The number of carbonyl (C=O) groups excluding carboxylic acids is 1. The summed E-state index contributed by atoms with van der Waals surface area (Å²) < 4.78 is 13.0.